The van der Waals surface area contributed by atoms with E-state index in [0.717, 1.165) is 0 Å². The second kappa shape index (κ2) is 29.8. The molecule has 0 spiro atoms. The molecule has 0 aromatic carbocycles. The molecule has 1 aromatic heterocycles. The van der Waals surface area contributed by atoms with Crippen molar-refractivity contribution in [2.45, 2.75) is 0 Å². The number of nitrogens with zero attached hydrogens (tertiary/aromatic N) is 3. The van der Waals surface area contributed by atoms with Crippen LogP contribution in [0.4, 0.5) is 0 Å². The Bertz CT molecular complexity index is 90.0. The van der Waals surface area contributed by atoms with Gasteiger partial charge in [-0.2, -0.15) is 0 Å². The average Bonchev–Trinajstić information content (AvgIpc) is 1.72. The van der Waals surface area contributed by atoms with Crippen LogP contribution in [-0.4, -0.2) is 192 Å². The van der Waals surface area contributed by atoms with E-state index >= 15 is 0 Å². The normalized spacial score (nSPS) is 4.00. The third kappa shape index (κ3) is 24.3. The van der Waals surface area contributed by atoms with Gasteiger partial charge in [-0.15, -0.1) is 0 Å². The first-order valence-electron chi connectivity index (χ1n) is 1.55. The Labute approximate surface area is 206 Å². The first kappa shape index (κ1) is 36.0. The first-order chi connectivity index (χ1) is 3.00. The molecule has 0 fully saturated rings. The van der Waals surface area contributed by atoms with E-state index in [9.17, 15) is 0 Å². The van der Waals surface area contributed by atoms with Crippen LogP contribution in [-0.2, 0) is 0 Å². The van der Waals surface area contributed by atoms with E-state index in [1.165, 1.54) is 19.0 Å². The van der Waals surface area contributed by atoms with Gasteiger partial charge in [0.2, 0.25) is 0 Å². The van der Waals surface area contributed by atoms with Gasteiger partial charge in [0.25, 0.3) is 0 Å². The summed E-state index contributed by atoms with van der Waals surface area (Å²) in [6.45, 7) is 0. The predicted octanol–water partition coefficient (Wildman–Crippen LogP) is -4.02. The van der Waals surface area contributed by atoms with Crippen molar-refractivity contribution in [3.63, 3.8) is 0 Å². The molecular weight excluding hydrogens is 216 g/mol. The van der Waals surface area contributed by atoms with Crippen LogP contribution in [0.5, 0.6) is 0 Å². The van der Waals surface area contributed by atoms with E-state index in [1.807, 2.05) is 0 Å². The summed E-state index contributed by atoms with van der Waals surface area (Å²) in [7, 11) is 0. The smallest absolute Gasteiger partial charge is 0.119 e. The second-order valence-electron chi connectivity index (χ2n) is 0.794. The molecule has 12 heavy (non-hydrogen) atoms. The van der Waals surface area contributed by atoms with Crippen molar-refractivity contribution in [1.82, 2.24) is 15.0 Å². The van der Waals surface area contributed by atoms with Crippen molar-refractivity contribution >= 4 is 177 Å². The van der Waals surface area contributed by atoms with Gasteiger partial charge in [-0.05, 0) is 0 Å². The molecule has 0 aliphatic carbocycles. The fourth-order valence-electron chi connectivity index (χ4n) is 0.205. The van der Waals surface area contributed by atoms with Crippen LogP contribution < -0.4 is 0 Å². The fourth-order valence-corrected chi connectivity index (χ4v) is 0.205. The van der Waals surface area contributed by atoms with E-state index in [0.29, 0.717) is 0 Å². The number of hydrogen-bond acceptors (Lipinski definition) is 3. The zero-order chi connectivity index (χ0) is 4.24. The topological polar surface area (TPSA) is 38.7 Å². The van der Waals surface area contributed by atoms with Gasteiger partial charge in [0.1, 0.15) is 19.0 Å². The molecule has 42 valence electrons. The number of rotatable bonds is 0. The van der Waals surface area contributed by atoms with Crippen molar-refractivity contribution in [2.75, 3.05) is 0 Å². The molecule has 0 saturated carbocycles. The van der Waals surface area contributed by atoms with Gasteiger partial charge < -0.3 is 0 Å². The molecule has 3 nitrogen and oxygen atoms in total. The van der Waals surface area contributed by atoms with E-state index in [2.05, 4.69) is 15.0 Å². The monoisotopic (exact) mass is 225 g/mol. The molecule has 1 heterocycles. The summed E-state index contributed by atoms with van der Waals surface area (Å²) in [6.07, 6.45) is 4.31. The van der Waals surface area contributed by atoms with Crippen LogP contribution in [0.1, 0.15) is 0 Å². The van der Waals surface area contributed by atoms with Gasteiger partial charge in [-0.1, -0.05) is 0 Å². The summed E-state index contributed by atoms with van der Waals surface area (Å²) in [5.74, 6) is 0. The van der Waals surface area contributed by atoms with Crippen LogP contribution in [0.2, 0.25) is 0 Å². The van der Waals surface area contributed by atoms with E-state index in [1.54, 1.807) is 0 Å². The molecule has 0 amide bonds. The summed E-state index contributed by atoms with van der Waals surface area (Å²) in [4.78, 5) is 10.7. The number of aromatic nitrogens is 3. The van der Waals surface area contributed by atoms with Crippen molar-refractivity contribution in [1.29, 1.82) is 0 Å². The quantitative estimate of drug-likeness (QED) is 0.422. The minimum Gasteiger partial charge on any atom is -0.225 e. The molecule has 1 rings (SSSR count). The summed E-state index contributed by atoms with van der Waals surface area (Å²) in [6, 6.07) is 0. The molecule has 0 aliphatic heterocycles. The molecule has 0 N–H and O–H groups in total. The minimum atomic E-state index is 0. The van der Waals surface area contributed by atoms with Crippen LogP contribution in [0.3, 0.4) is 0 Å². The predicted molar refractivity (Wildman–Crippen MR) is 62.7 cm³/mol. The minimum absolute atomic E-state index is 0. The number of hydrogen-bond donors (Lipinski definition) is 0. The summed E-state index contributed by atoms with van der Waals surface area (Å²) < 4.78 is 0. The Morgan fingerprint density at radius 2 is 0.583 bits per heavy atom. The largest absolute Gasteiger partial charge is 0.225 e. The molecule has 0 aliphatic rings. The summed E-state index contributed by atoms with van der Waals surface area (Å²) in [5, 5.41) is 0. The SMILES string of the molecule is [NaH].[NaH].[NaH].[NaH].[NaH].[NaH].c1ncncn1. The average molecular weight is 225 g/mol. The Kier molecular flexibility index (Phi) is 89.2. The van der Waals surface area contributed by atoms with E-state index in [4.69, 9.17) is 0 Å². The maximum absolute atomic E-state index is 3.56. The molecular formula is C3H9N3Na6. The van der Waals surface area contributed by atoms with Crippen molar-refractivity contribution < 1.29 is 0 Å². The molecule has 0 radical (unpaired) electrons. The van der Waals surface area contributed by atoms with Gasteiger partial charge in [0.15, 0.2) is 0 Å². The molecule has 1 aromatic rings. The fraction of sp³-hybridized carbons (Fsp3) is 0. The second-order valence-corrected chi connectivity index (χ2v) is 0.794. The van der Waals surface area contributed by atoms with Crippen LogP contribution in [0.15, 0.2) is 19.0 Å². The maximum Gasteiger partial charge on any atom is 0.119 e. The van der Waals surface area contributed by atoms with Crippen molar-refractivity contribution in [3.8, 4) is 0 Å². The first-order valence-corrected chi connectivity index (χ1v) is 1.55. The van der Waals surface area contributed by atoms with Crippen LogP contribution in [0, 0.1) is 0 Å². The third-order valence-electron chi connectivity index (χ3n) is 0.400. The third-order valence-corrected chi connectivity index (χ3v) is 0.400. The molecule has 0 atom stereocenters. The Morgan fingerprint density at radius 1 is 0.417 bits per heavy atom. The summed E-state index contributed by atoms with van der Waals surface area (Å²) in [5.41, 5.74) is 0. The van der Waals surface area contributed by atoms with Crippen LogP contribution >= 0.6 is 0 Å². The molecule has 0 unspecified atom stereocenters. The van der Waals surface area contributed by atoms with Crippen molar-refractivity contribution in [3.05, 3.63) is 19.0 Å². The van der Waals surface area contributed by atoms with Crippen LogP contribution in [0.25, 0.3) is 0 Å². The maximum atomic E-state index is 3.56. The zero-order valence-electron chi connectivity index (χ0n) is 3.07. The Morgan fingerprint density at radius 3 is 0.667 bits per heavy atom. The van der Waals surface area contributed by atoms with Gasteiger partial charge >= 0.3 is 177 Å². The van der Waals surface area contributed by atoms with Gasteiger partial charge in [-0.3, -0.25) is 0 Å². The van der Waals surface area contributed by atoms with Gasteiger partial charge in [0.05, 0.1) is 0 Å². The summed E-state index contributed by atoms with van der Waals surface area (Å²) >= 11 is 0. The van der Waals surface area contributed by atoms with E-state index < -0.39 is 0 Å². The standard InChI is InChI=1S/C3H3N3.6Na.6H/c1-4-2-6-3-5-1;;;;;;;;;;;;/h1-3H;;;;;;;;;;;;. The zero-order valence-corrected chi connectivity index (χ0v) is 3.07. The van der Waals surface area contributed by atoms with E-state index in [-0.39, 0.29) is 177 Å². The van der Waals surface area contributed by atoms with Gasteiger partial charge in [0, 0.05) is 0 Å². The molecule has 0 bridgehead atoms. The Hall–Kier alpha value is 5.01. The van der Waals surface area contributed by atoms with Gasteiger partial charge in [-0.25, -0.2) is 15.0 Å². The molecule has 9 heteroatoms. The van der Waals surface area contributed by atoms with Crippen molar-refractivity contribution in [2.24, 2.45) is 0 Å². The molecule has 0 saturated heterocycles. The Balaban J connectivity index is -0.0000000150.